The summed E-state index contributed by atoms with van der Waals surface area (Å²) in [6.07, 6.45) is 2.38. The van der Waals surface area contributed by atoms with Crippen LogP contribution in [0.3, 0.4) is 0 Å². The molecule has 0 aliphatic carbocycles. The number of carbonyl (C=O) groups excluding carboxylic acids is 4. The third-order valence-electron chi connectivity index (χ3n) is 5.38. The Bertz CT molecular complexity index is 1230. The van der Waals surface area contributed by atoms with Crippen LogP contribution in [0.25, 0.3) is 0 Å². The number of aryl methyl sites for hydroxylation is 1. The maximum atomic E-state index is 13.1. The van der Waals surface area contributed by atoms with E-state index in [0.717, 1.165) is 16.9 Å². The molecule has 0 fully saturated rings. The molecule has 0 aliphatic rings. The maximum Gasteiger partial charge on any atom is 0.419 e. The van der Waals surface area contributed by atoms with Crippen molar-refractivity contribution in [2.75, 3.05) is 26.5 Å². The summed E-state index contributed by atoms with van der Waals surface area (Å²) in [7, 11) is 0. The van der Waals surface area contributed by atoms with E-state index < -0.39 is 31.4 Å². The number of aromatic nitrogens is 1. The van der Waals surface area contributed by atoms with Crippen molar-refractivity contribution in [3.63, 3.8) is 0 Å². The number of nitrogens with one attached hydrogen (secondary N) is 3. The van der Waals surface area contributed by atoms with Gasteiger partial charge in [-0.3, -0.25) is 9.59 Å². The Hall–Kier alpha value is -4.52. The molecule has 204 valence electrons. The van der Waals surface area contributed by atoms with Gasteiger partial charge in [0.2, 0.25) is 6.79 Å². The minimum absolute atomic E-state index is 0.0204. The van der Waals surface area contributed by atoms with E-state index in [1.165, 1.54) is 12.5 Å². The average Bonchev–Trinajstić information content (AvgIpc) is 3.29. The first-order chi connectivity index (χ1) is 18.2. The first-order valence-corrected chi connectivity index (χ1v) is 11.9. The average molecular weight is 530 g/mol. The van der Waals surface area contributed by atoms with Gasteiger partial charge < -0.3 is 30.6 Å². The summed E-state index contributed by atoms with van der Waals surface area (Å²) >= 11 is 0. The molecule has 0 aliphatic heterocycles. The van der Waals surface area contributed by atoms with E-state index in [1.807, 2.05) is 13.8 Å². The second kappa shape index (κ2) is 14.3. The molecule has 2 aromatic rings. The molecule has 0 unspecified atom stereocenters. The predicted molar refractivity (Wildman–Crippen MR) is 138 cm³/mol. The number of imide groups is 1. The van der Waals surface area contributed by atoms with Crippen LogP contribution < -0.4 is 16.0 Å². The Morgan fingerprint density at radius 3 is 2.58 bits per heavy atom. The normalized spacial score (nSPS) is 11.3. The molecule has 38 heavy (non-hydrogen) atoms. The van der Waals surface area contributed by atoms with Crippen LogP contribution in [-0.2, 0) is 14.3 Å². The lowest BCUT2D eigenvalue weighted by Gasteiger charge is -2.18. The van der Waals surface area contributed by atoms with Gasteiger partial charge in [-0.2, -0.15) is 0 Å². The van der Waals surface area contributed by atoms with Gasteiger partial charge >= 0.3 is 12.1 Å². The summed E-state index contributed by atoms with van der Waals surface area (Å²) in [4.78, 5) is 60.2. The number of nitrogens with zero attached hydrogens (tertiary/aromatic N) is 2. The molecule has 0 spiro atoms. The molecule has 1 heterocycles. The molecule has 0 radical (unpaired) electrons. The van der Waals surface area contributed by atoms with E-state index in [9.17, 15) is 19.2 Å². The Morgan fingerprint density at radius 1 is 1.21 bits per heavy atom. The highest BCUT2D eigenvalue weighted by atomic mass is 16.7. The molecule has 13 nitrogen and oxygen atoms in total. The van der Waals surface area contributed by atoms with E-state index in [-0.39, 0.29) is 23.9 Å². The number of rotatable bonds is 10. The largest absolute Gasteiger partial charge is 0.426 e. The summed E-state index contributed by atoms with van der Waals surface area (Å²) in [5.74, 6) is -1.57. The van der Waals surface area contributed by atoms with Gasteiger partial charge in [-0.1, -0.05) is 13.0 Å². The zero-order chi connectivity index (χ0) is 28.2. The number of hydrogen-bond donors (Lipinski definition) is 5. The molecule has 6 N–H and O–H groups in total. The van der Waals surface area contributed by atoms with Gasteiger partial charge in [0.05, 0.1) is 5.56 Å². The summed E-state index contributed by atoms with van der Waals surface area (Å²) in [6.45, 7) is 5.96. The van der Waals surface area contributed by atoms with E-state index in [4.69, 9.17) is 15.6 Å². The van der Waals surface area contributed by atoms with E-state index in [1.54, 1.807) is 32.0 Å². The number of aliphatic hydroxyl groups excluding tert-OH is 1. The number of carbonyl (C=O) groups is 4. The molecule has 13 heteroatoms. The third-order valence-corrected chi connectivity index (χ3v) is 5.38. The highest BCUT2D eigenvalue weighted by Gasteiger charge is 2.28. The third kappa shape index (κ3) is 7.49. The lowest BCUT2D eigenvalue weighted by Crippen LogP contribution is -2.75. The van der Waals surface area contributed by atoms with E-state index in [2.05, 4.69) is 25.0 Å². The first-order valence-electron chi connectivity index (χ1n) is 11.9. The Labute approximate surface area is 219 Å². The number of H-pyrrole nitrogens is 1. The van der Waals surface area contributed by atoms with Gasteiger partial charge in [-0.25, -0.2) is 19.5 Å². The predicted octanol–water partition coefficient (Wildman–Crippen LogP) is 0.00894. The van der Waals surface area contributed by atoms with Crippen molar-refractivity contribution in [3.8, 4) is 0 Å². The van der Waals surface area contributed by atoms with Crippen LogP contribution in [0, 0.1) is 13.8 Å². The minimum Gasteiger partial charge on any atom is -0.426 e. The fraction of sp³-hybridized carbons (Fsp3) is 0.360. The van der Waals surface area contributed by atoms with Crippen LogP contribution in [-0.4, -0.2) is 77.5 Å². The quantitative estimate of drug-likeness (QED) is 0.123. The summed E-state index contributed by atoms with van der Waals surface area (Å²) in [6, 6.07) is 5.14. The Morgan fingerprint density at radius 2 is 1.95 bits per heavy atom. The summed E-state index contributed by atoms with van der Waals surface area (Å²) < 4.78 is 9.30. The van der Waals surface area contributed by atoms with Gasteiger partial charge in [0, 0.05) is 24.8 Å². The monoisotopic (exact) mass is 529 g/mol. The van der Waals surface area contributed by atoms with Crippen LogP contribution in [0.2, 0.25) is 0 Å². The topological polar surface area (TPSA) is 190 Å². The van der Waals surface area contributed by atoms with Crippen molar-refractivity contribution in [2.45, 2.75) is 34.1 Å². The van der Waals surface area contributed by atoms with Crippen LogP contribution in [0.1, 0.15) is 57.8 Å². The van der Waals surface area contributed by atoms with Crippen molar-refractivity contribution in [2.24, 2.45) is 10.7 Å². The van der Waals surface area contributed by atoms with Crippen LogP contribution >= 0.6 is 0 Å². The molecule has 1 aromatic carbocycles. The zero-order valence-electron chi connectivity index (χ0n) is 21.8. The van der Waals surface area contributed by atoms with Crippen molar-refractivity contribution in [3.05, 3.63) is 52.3 Å². The number of esters is 1. The fourth-order valence-corrected chi connectivity index (χ4v) is 3.31. The number of amidine groups is 1. The number of hydrogen-bond acceptors (Lipinski definition) is 8. The Balaban J connectivity index is 2.36. The first kappa shape index (κ1) is 29.7. The molecular weight excluding hydrogens is 496 g/mol. The van der Waals surface area contributed by atoms with Crippen LogP contribution in [0.5, 0.6) is 0 Å². The number of ether oxygens (including phenoxy) is 2. The molecule has 3 amide bonds. The molecule has 2 rings (SSSR count). The number of aromatic amines is 1. The molecule has 1 aromatic heterocycles. The highest BCUT2D eigenvalue weighted by molar-refractivity contribution is 6.06. The van der Waals surface area contributed by atoms with Crippen LogP contribution in [0.4, 0.5) is 10.5 Å². The van der Waals surface area contributed by atoms with Gasteiger partial charge in [0.1, 0.15) is 18.0 Å². The van der Waals surface area contributed by atoms with Crippen molar-refractivity contribution in [1.82, 2.24) is 15.2 Å². The number of benzene rings is 1. The number of aliphatic imine (C=N–C) groups is 1. The van der Waals surface area contributed by atoms with Gasteiger partial charge in [0.15, 0.2) is 6.34 Å². The fourth-order valence-electron chi connectivity index (χ4n) is 3.31. The number of amides is 3. The second-order valence-electron chi connectivity index (χ2n) is 7.98. The minimum atomic E-state index is -1.03. The summed E-state index contributed by atoms with van der Waals surface area (Å²) in [5, 5.41) is 11.5. The lowest BCUT2D eigenvalue weighted by molar-refractivity contribution is -0.309. The molecule has 0 saturated heterocycles. The number of nitrogens with two attached hydrogens (primary N) is 1. The van der Waals surface area contributed by atoms with Gasteiger partial charge in [-0.05, 0) is 50.5 Å². The van der Waals surface area contributed by atoms with Crippen molar-refractivity contribution in [1.29, 1.82) is 0 Å². The van der Waals surface area contributed by atoms with Crippen molar-refractivity contribution >= 4 is 41.7 Å². The SMILES string of the molecule is CCCNC(=O)c1ccc(C)c(N=C([NH+]=CN)c2[nH]cc(C(=O)N(CC)C(=O)OCOC(=O)CO)c2C)c1. The van der Waals surface area contributed by atoms with Gasteiger partial charge in [0.25, 0.3) is 17.6 Å². The smallest absolute Gasteiger partial charge is 0.419 e. The van der Waals surface area contributed by atoms with E-state index in [0.29, 0.717) is 29.1 Å². The zero-order valence-corrected chi connectivity index (χ0v) is 21.8. The van der Waals surface area contributed by atoms with Gasteiger partial charge in [-0.15, -0.1) is 4.99 Å². The molecule has 0 atom stereocenters. The molecule has 0 bridgehead atoms. The second-order valence-corrected chi connectivity index (χ2v) is 7.98. The summed E-state index contributed by atoms with van der Waals surface area (Å²) in [5.41, 5.74) is 8.43. The standard InChI is InChI=1S/C25H32N6O7/c1-5-9-27-23(34)17-8-7-15(3)19(10-17)30-22(29-13-26)21-16(4)18(11-28-21)24(35)31(6-2)25(36)38-14-37-20(33)12-32/h7-8,10-11,13,28,32H,5-6,9,12,14H2,1-4H3,(H,27,34)(H2,26,29,30)/p+1. The maximum absolute atomic E-state index is 13.1. The Kier molecular flexibility index (Phi) is 11.2. The van der Waals surface area contributed by atoms with Crippen molar-refractivity contribution < 1.29 is 38.8 Å². The molecular formula is C25H33N6O7+. The highest BCUT2D eigenvalue weighted by Crippen LogP contribution is 2.22. The van der Waals surface area contributed by atoms with Crippen LogP contribution in [0.15, 0.2) is 29.4 Å². The molecule has 0 saturated carbocycles. The lowest BCUT2D eigenvalue weighted by atomic mass is 10.1. The number of aliphatic hydroxyl groups is 1. The van der Waals surface area contributed by atoms with E-state index >= 15 is 0 Å².